The Bertz CT molecular complexity index is 583. The molecule has 2 heterocycles. The molecule has 0 bridgehead atoms. The van der Waals surface area contributed by atoms with Crippen LogP contribution in [0, 0.1) is 5.41 Å². The van der Waals surface area contributed by atoms with E-state index in [2.05, 4.69) is 31.8 Å². The highest BCUT2D eigenvalue weighted by Crippen LogP contribution is 2.30. The van der Waals surface area contributed by atoms with Crippen LogP contribution in [-0.4, -0.2) is 40.0 Å². The average Bonchev–Trinajstić information content (AvgIpc) is 2.46. The molecule has 0 fully saturated rings. The molecular weight excluding hydrogens is 268 g/mol. The van der Waals surface area contributed by atoms with E-state index in [9.17, 15) is 9.59 Å². The molecule has 0 aliphatic carbocycles. The number of hydrogen-bond donors (Lipinski definition) is 1. The van der Waals surface area contributed by atoms with Crippen LogP contribution in [0.4, 0.5) is 0 Å². The Morgan fingerprint density at radius 3 is 2.43 bits per heavy atom. The van der Waals surface area contributed by atoms with Crippen molar-refractivity contribution in [3.63, 3.8) is 0 Å². The molecule has 1 aliphatic heterocycles. The molecule has 0 saturated carbocycles. The van der Waals surface area contributed by atoms with Gasteiger partial charge in [-0.05, 0) is 24.0 Å². The first-order valence-electron chi connectivity index (χ1n) is 6.97. The van der Waals surface area contributed by atoms with Crippen molar-refractivity contribution in [2.24, 2.45) is 5.41 Å². The third-order valence-electron chi connectivity index (χ3n) is 3.69. The van der Waals surface area contributed by atoms with E-state index >= 15 is 0 Å². The Balaban J connectivity index is 2.08. The summed E-state index contributed by atoms with van der Waals surface area (Å²) in [7, 11) is 0. The number of pyridine rings is 1. The molecule has 0 aromatic carbocycles. The smallest absolute Gasteiger partial charge is 0.337 e. The van der Waals surface area contributed by atoms with Crippen LogP contribution in [0.3, 0.4) is 0 Å². The molecule has 1 N–H and O–H groups in total. The summed E-state index contributed by atoms with van der Waals surface area (Å²) in [4.78, 5) is 28.8. The van der Waals surface area contributed by atoms with Crippen LogP contribution in [0.2, 0.25) is 0 Å². The number of carboxylic acid groups (broad SMARTS) is 1. The summed E-state index contributed by atoms with van der Waals surface area (Å²) in [5, 5.41) is 8.83. The second-order valence-corrected chi connectivity index (χ2v) is 6.22. The lowest BCUT2D eigenvalue weighted by molar-refractivity contribution is 0.0693. The molecule has 0 spiro atoms. The monoisotopic (exact) mass is 288 g/mol. The van der Waals surface area contributed by atoms with Gasteiger partial charge in [0.1, 0.15) is 5.69 Å². The van der Waals surface area contributed by atoms with Crippen LogP contribution in [-0.2, 0) is 0 Å². The van der Waals surface area contributed by atoms with E-state index in [0.29, 0.717) is 13.1 Å². The largest absolute Gasteiger partial charge is 0.478 e. The number of aromatic carboxylic acids is 1. The number of carbonyl (C=O) groups excluding carboxylic acids is 1. The van der Waals surface area contributed by atoms with Crippen molar-refractivity contribution in [1.82, 2.24) is 9.88 Å². The van der Waals surface area contributed by atoms with E-state index in [1.807, 2.05) is 0 Å². The van der Waals surface area contributed by atoms with Gasteiger partial charge in [-0.1, -0.05) is 32.4 Å². The molecule has 1 aromatic heterocycles. The van der Waals surface area contributed by atoms with Gasteiger partial charge in [0.25, 0.3) is 5.91 Å². The zero-order valence-electron chi connectivity index (χ0n) is 12.6. The molecule has 112 valence electrons. The summed E-state index contributed by atoms with van der Waals surface area (Å²) in [6.45, 7) is 7.76. The molecule has 21 heavy (non-hydrogen) atoms. The van der Waals surface area contributed by atoms with E-state index in [4.69, 9.17) is 5.11 Å². The number of amides is 1. The molecule has 0 unspecified atom stereocenters. The lowest BCUT2D eigenvalue weighted by Gasteiger charge is -2.32. The highest BCUT2D eigenvalue weighted by atomic mass is 16.4. The van der Waals surface area contributed by atoms with E-state index in [-0.39, 0.29) is 22.6 Å². The van der Waals surface area contributed by atoms with E-state index in [0.717, 1.165) is 6.42 Å². The van der Waals surface area contributed by atoms with Crippen LogP contribution in [0.1, 0.15) is 48.0 Å². The van der Waals surface area contributed by atoms with E-state index < -0.39 is 5.97 Å². The molecule has 5 heteroatoms. The third-order valence-corrected chi connectivity index (χ3v) is 3.69. The predicted octanol–water partition coefficient (Wildman–Crippen LogP) is 2.60. The fraction of sp³-hybridized carbons (Fsp3) is 0.438. The Morgan fingerprint density at radius 1 is 1.29 bits per heavy atom. The lowest BCUT2D eigenvalue weighted by Crippen LogP contribution is -2.36. The number of nitrogens with zero attached hydrogens (tertiary/aromatic N) is 2. The summed E-state index contributed by atoms with van der Waals surface area (Å²) >= 11 is 0. The maximum absolute atomic E-state index is 12.3. The SMILES string of the molecule is CC(C)(C)C1=CCN(C(=O)c2ccc(C(=O)O)cn2)CC1. The molecule has 0 saturated heterocycles. The number of carbonyl (C=O) groups is 2. The number of rotatable bonds is 2. The summed E-state index contributed by atoms with van der Waals surface area (Å²) in [6, 6.07) is 2.87. The maximum Gasteiger partial charge on any atom is 0.337 e. The van der Waals surface area contributed by atoms with Crippen molar-refractivity contribution in [2.45, 2.75) is 27.2 Å². The first kappa shape index (κ1) is 15.2. The number of carboxylic acids is 1. The van der Waals surface area contributed by atoms with Crippen LogP contribution in [0.15, 0.2) is 30.0 Å². The van der Waals surface area contributed by atoms with E-state index in [1.165, 1.54) is 23.9 Å². The molecule has 1 aromatic rings. The lowest BCUT2D eigenvalue weighted by atomic mass is 9.83. The maximum atomic E-state index is 12.3. The minimum absolute atomic E-state index is 0.0834. The van der Waals surface area contributed by atoms with Gasteiger partial charge in [-0.2, -0.15) is 0 Å². The molecule has 1 aliphatic rings. The first-order chi connectivity index (χ1) is 9.79. The van der Waals surface area contributed by atoms with Crippen molar-refractivity contribution >= 4 is 11.9 Å². The number of hydrogen-bond acceptors (Lipinski definition) is 3. The predicted molar refractivity (Wildman–Crippen MR) is 79.3 cm³/mol. The summed E-state index contributed by atoms with van der Waals surface area (Å²) in [5.41, 5.74) is 1.87. The quantitative estimate of drug-likeness (QED) is 0.849. The van der Waals surface area contributed by atoms with Crippen LogP contribution < -0.4 is 0 Å². The molecule has 0 atom stereocenters. The van der Waals surface area contributed by atoms with Crippen LogP contribution in [0.5, 0.6) is 0 Å². The summed E-state index contributed by atoms with van der Waals surface area (Å²) in [6.07, 6.45) is 4.19. The number of aromatic nitrogens is 1. The van der Waals surface area contributed by atoms with Crippen LogP contribution >= 0.6 is 0 Å². The third kappa shape index (κ3) is 3.48. The van der Waals surface area contributed by atoms with Crippen molar-refractivity contribution in [3.8, 4) is 0 Å². The minimum atomic E-state index is -1.04. The Labute approximate surface area is 124 Å². The first-order valence-corrected chi connectivity index (χ1v) is 6.97. The standard InChI is InChI=1S/C16H20N2O3/c1-16(2,3)12-6-8-18(9-7-12)14(19)13-5-4-11(10-17-13)15(20)21/h4-6,10H,7-9H2,1-3H3,(H,20,21). The fourth-order valence-electron chi connectivity index (χ4n) is 2.34. The zero-order chi connectivity index (χ0) is 15.6. The van der Waals surface area contributed by atoms with Gasteiger partial charge in [-0.15, -0.1) is 0 Å². The van der Waals surface area contributed by atoms with E-state index in [1.54, 1.807) is 4.90 Å². The van der Waals surface area contributed by atoms with Crippen molar-refractivity contribution < 1.29 is 14.7 Å². The van der Waals surface area contributed by atoms with Gasteiger partial charge >= 0.3 is 5.97 Å². The van der Waals surface area contributed by atoms with Gasteiger partial charge in [-0.25, -0.2) is 4.79 Å². The Morgan fingerprint density at radius 2 is 2.00 bits per heavy atom. The van der Waals surface area contributed by atoms with Crippen molar-refractivity contribution in [2.75, 3.05) is 13.1 Å². The van der Waals surface area contributed by atoms with Gasteiger partial charge in [0.2, 0.25) is 0 Å². The minimum Gasteiger partial charge on any atom is -0.478 e. The molecule has 1 amide bonds. The topological polar surface area (TPSA) is 70.5 Å². The Hall–Kier alpha value is -2.17. The van der Waals surface area contributed by atoms with Gasteiger partial charge in [0.05, 0.1) is 5.56 Å². The fourth-order valence-corrected chi connectivity index (χ4v) is 2.34. The summed E-state index contributed by atoms with van der Waals surface area (Å²) < 4.78 is 0. The normalized spacial score (nSPS) is 15.6. The van der Waals surface area contributed by atoms with Gasteiger partial charge in [0.15, 0.2) is 0 Å². The average molecular weight is 288 g/mol. The summed E-state index contributed by atoms with van der Waals surface area (Å²) in [5.74, 6) is -1.20. The molecule has 0 radical (unpaired) electrons. The van der Waals surface area contributed by atoms with Crippen LogP contribution in [0.25, 0.3) is 0 Å². The molecular formula is C16H20N2O3. The second-order valence-electron chi connectivity index (χ2n) is 6.22. The Kier molecular flexibility index (Phi) is 4.11. The highest BCUT2D eigenvalue weighted by molar-refractivity contribution is 5.94. The van der Waals surface area contributed by atoms with Gasteiger partial charge < -0.3 is 10.0 Å². The van der Waals surface area contributed by atoms with Crippen molar-refractivity contribution in [3.05, 3.63) is 41.2 Å². The molecule has 2 rings (SSSR count). The zero-order valence-corrected chi connectivity index (χ0v) is 12.6. The highest BCUT2D eigenvalue weighted by Gasteiger charge is 2.24. The van der Waals surface area contributed by atoms with Crippen molar-refractivity contribution in [1.29, 1.82) is 0 Å². The molecule has 5 nitrogen and oxygen atoms in total. The van der Waals surface area contributed by atoms with Gasteiger partial charge in [0, 0.05) is 19.3 Å². The second kappa shape index (κ2) is 5.68. The van der Waals surface area contributed by atoms with Gasteiger partial charge in [-0.3, -0.25) is 9.78 Å².